The van der Waals surface area contributed by atoms with Crippen molar-refractivity contribution in [1.82, 2.24) is 19.6 Å². The van der Waals surface area contributed by atoms with Gasteiger partial charge in [-0.1, -0.05) is 24.3 Å². The first-order valence-electron chi connectivity index (χ1n) is 9.21. The second-order valence-electron chi connectivity index (χ2n) is 6.75. The summed E-state index contributed by atoms with van der Waals surface area (Å²) in [5.74, 6) is 0.186. The summed E-state index contributed by atoms with van der Waals surface area (Å²) in [5.41, 5.74) is 3.04. The van der Waals surface area contributed by atoms with Gasteiger partial charge >= 0.3 is 0 Å². The summed E-state index contributed by atoms with van der Waals surface area (Å²) in [5, 5.41) is 8.59. The first-order valence-corrected chi connectivity index (χ1v) is 9.21. The predicted octanol–water partition coefficient (Wildman–Crippen LogP) is 2.10. The van der Waals surface area contributed by atoms with Gasteiger partial charge in [0, 0.05) is 52.3 Å². The van der Waals surface area contributed by atoms with E-state index in [1.165, 1.54) is 6.07 Å². The van der Waals surface area contributed by atoms with Crippen molar-refractivity contribution in [2.45, 2.75) is 25.7 Å². The Hall–Kier alpha value is -3.06. The summed E-state index contributed by atoms with van der Waals surface area (Å²) in [7, 11) is 3.46. The molecular formula is C21H24N4O3. The van der Waals surface area contributed by atoms with Crippen LogP contribution >= 0.6 is 0 Å². The largest absolute Gasteiger partial charge is 0.385 e. The van der Waals surface area contributed by atoms with Crippen molar-refractivity contribution in [3.05, 3.63) is 76.0 Å². The van der Waals surface area contributed by atoms with E-state index in [-0.39, 0.29) is 11.2 Å². The first kappa shape index (κ1) is 19.7. The fourth-order valence-electron chi connectivity index (χ4n) is 3.01. The molecule has 0 atom stereocenters. The molecule has 2 aromatic heterocycles. The van der Waals surface area contributed by atoms with Crippen LogP contribution in [0.5, 0.6) is 0 Å². The van der Waals surface area contributed by atoms with E-state index in [1.54, 1.807) is 28.9 Å². The number of hydrogen-bond donors (Lipinski definition) is 0. The Morgan fingerprint density at radius 3 is 2.79 bits per heavy atom. The summed E-state index contributed by atoms with van der Waals surface area (Å²) in [6.07, 6.45) is 7.20. The molecule has 0 aliphatic rings. The molecule has 0 aliphatic heterocycles. The van der Waals surface area contributed by atoms with E-state index in [2.05, 4.69) is 10.2 Å². The lowest BCUT2D eigenvalue weighted by atomic mass is 10.0. The molecule has 3 aromatic rings. The molecule has 146 valence electrons. The fourth-order valence-corrected chi connectivity index (χ4v) is 3.01. The highest BCUT2D eigenvalue weighted by Gasteiger charge is 2.09. The molecule has 0 radical (unpaired) electrons. The van der Waals surface area contributed by atoms with Gasteiger partial charge in [-0.15, -0.1) is 0 Å². The van der Waals surface area contributed by atoms with Gasteiger partial charge in [0.2, 0.25) is 5.43 Å². The number of carbonyl (C=O) groups excluding carboxylic acids is 1. The summed E-state index contributed by atoms with van der Waals surface area (Å²) >= 11 is 0. The highest BCUT2D eigenvalue weighted by molar-refractivity contribution is 5.80. The number of hydrogen-bond acceptors (Lipinski definition) is 5. The van der Waals surface area contributed by atoms with Gasteiger partial charge in [-0.25, -0.2) is 4.68 Å². The number of rotatable bonds is 9. The second-order valence-corrected chi connectivity index (χ2v) is 6.75. The van der Waals surface area contributed by atoms with Crippen molar-refractivity contribution in [2.75, 3.05) is 13.7 Å². The Morgan fingerprint density at radius 2 is 2.04 bits per heavy atom. The average Bonchev–Trinajstić information content (AvgIpc) is 3.10. The minimum Gasteiger partial charge on any atom is -0.385 e. The topological polar surface area (TPSA) is 79.0 Å². The number of carbonyl (C=O) groups is 1. The normalized spacial score (nSPS) is 10.9. The van der Waals surface area contributed by atoms with Crippen molar-refractivity contribution in [3.63, 3.8) is 0 Å². The molecule has 0 N–H and O–H groups in total. The maximum Gasteiger partial charge on any atom is 0.203 e. The summed E-state index contributed by atoms with van der Waals surface area (Å²) in [6.45, 7) is 0.592. The molecule has 3 rings (SSSR count). The molecule has 28 heavy (non-hydrogen) atoms. The van der Waals surface area contributed by atoms with Crippen LogP contribution in [0.1, 0.15) is 29.7 Å². The van der Waals surface area contributed by atoms with Crippen LogP contribution in [0.15, 0.2) is 53.7 Å². The van der Waals surface area contributed by atoms with E-state index in [9.17, 15) is 9.59 Å². The number of ether oxygens (including phenoxy) is 1. The lowest BCUT2D eigenvalue weighted by Crippen LogP contribution is -2.16. The average molecular weight is 380 g/mol. The molecule has 7 heteroatoms. The Kier molecular flexibility index (Phi) is 6.49. The smallest absolute Gasteiger partial charge is 0.203 e. The number of methoxy groups -OCH3 is 1. The number of benzene rings is 1. The SMILES string of the molecule is COCCCC(=O)Cc1cccc(Cc2nn(-c3cnn(C)c3)ccc2=O)c1. The minimum atomic E-state index is -0.110. The highest BCUT2D eigenvalue weighted by Crippen LogP contribution is 2.11. The quantitative estimate of drug-likeness (QED) is 0.531. The van der Waals surface area contributed by atoms with Gasteiger partial charge in [-0.2, -0.15) is 10.2 Å². The highest BCUT2D eigenvalue weighted by atomic mass is 16.5. The standard InChI is InChI=1S/C21H24N4O3/c1-24-15-18(14-22-24)25-9-8-21(27)20(23-25)13-17-6-3-5-16(11-17)12-19(26)7-4-10-28-2/h3,5-6,8-9,11,14-15H,4,7,10,12-13H2,1-2H3. The summed E-state index contributed by atoms with van der Waals surface area (Å²) < 4.78 is 8.31. The van der Waals surface area contributed by atoms with Crippen LogP contribution in [0.25, 0.3) is 5.69 Å². The van der Waals surface area contributed by atoms with Gasteiger partial charge in [-0.3, -0.25) is 14.3 Å². The Labute approximate surface area is 163 Å². The van der Waals surface area contributed by atoms with E-state index in [0.717, 1.165) is 23.2 Å². The zero-order valence-electron chi connectivity index (χ0n) is 16.2. The van der Waals surface area contributed by atoms with Crippen LogP contribution in [-0.4, -0.2) is 39.1 Å². The fraction of sp³-hybridized carbons (Fsp3) is 0.333. The molecule has 0 saturated carbocycles. The van der Waals surface area contributed by atoms with Gasteiger partial charge in [0.1, 0.15) is 17.2 Å². The third-order valence-electron chi connectivity index (χ3n) is 4.40. The molecule has 0 saturated heterocycles. The molecule has 0 aliphatic carbocycles. The Balaban J connectivity index is 1.73. The number of nitrogens with zero attached hydrogens (tertiary/aromatic N) is 4. The zero-order chi connectivity index (χ0) is 19.9. The van der Waals surface area contributed by atoms with Crippen molar-refractivity contribution >= 4 is 5.78 Å². The number of aromatic nitrogens is 4. The summed E-state index contributed by atoms with van der Waals surface area (Å²) in [4.78, 5) is 24.3. The van der Waals surface area contributed by atoms with Gasteiger partial charge < -0.3 is 4.74 Å². The van der Waals surface area contributed by atoms with E-state index >= 15 is 0 Å². The van der Waals surface area contributed by atoms with E-state index in [0.29, 0.717) is 31.6 Å². The van der Waals surface area contributed by atoms with Crippen molar-refractivity contribution in [3.8, 4) is 5.69 Å². The van der Waals surface area contributed by atoms with Crippen LogP contribution in [-0.2, 0) is 29.4 Å². The Bertz CT molecular complexity index is 1010. The molecule has 1 aromatic carbocycles. The first-order chi connectivity index (χ1) is 13.5. The third kappa shape index (κ3) is 5.23. The molecule has 0 unspecified atom stereocenters. The van der Waals surface area contributed by atoms with Crippen molar-refractivity contribution < 1.29 is 9.53 Å². The van der Waals surface area contributed by atoms with Crippen molar-refractivity contribution in [2.24, 2.45) is 7.05 Å². The lowest BCUT2D eigenvalue weighted by molar-refractivity contribution is -0.118. The molecule has 0 amide bonds. The van der Waals surface area contributed by atoms with Crippen LogP contribution in [0.4, 0.5) is 0 Å². The van der Waals surface area contributed by atoms with E-state index in [4.69, 9.17) is 4.74 Å². The molecule has 2 heterocycles. The third-order valence-corrected chi connectivity index (χ3v) is 4.40. The monoisotopic (exact) mass is 380 g/mol. The predicted molar refractivity (Wildman–Crippen MR) is 106 cm³/mol. The van der Waals surface area contributed by atoms with Crippen LogP contribution in [0.2, 0.25) is 0 Å². The minimum absolute atomic E-state index is 0.110. The second kappa shape index (κ2) is 9.23. The number of ketones is 1. The molecule has 7 nitrogen and oxygen atoms in total. The van der Waals surface area contributed by atoms with E-state index < -0.39 is 0 Å². The Morgan fingerprint density at radius 1 is 1.21 bits per heavy atom. The summed E-state index contributed by atoms with van der Waals surface area (Å²) in [6, 6.07) is 9.27. The maximum atomic E-state index is 12.3. The van der Waals surface area contributed by atoms with Crippen LogP contribution in [0.3, 0.4) is 0 Å². The van der Waals surface area contributed by atoms with Crippen molar-refractivity contribution in [1.29, 1.82) is 0 Å². The molecular weight excluding hydrogens is 356 g/mol. The van der Waals surface area contributed by atoms with Gasteiger partial charge in [0.15, 0.2) is 0 Å². The van der Waals surface area contributed by atoms with E-state index in [1.807, 2.05) is 37.5 Å². The molecule has 0 fully saturated rings. The number of aryl methyl sites for hydroxylation is 1. The van der Waals surface area contributed by atoms with Gasteiger partial charge in [0.05, 0.1) is 12.4 Å². The zero-order valence-corrected chi connectivity index (χ0v) is 16.2. The number of Topliss-reactive ketones (excluding diaryl/α,β-unsaturated/α-hetero) is 1. The van der Waals surface area contributed by atoms with Crippen LogP contribution in [0, 0.1) is 0 Å². The molecule has 0 bridgehead atoms. The van der Waals surface area contributed by atoms with Gasteiger partial charge in [-0.05, 0) is 17.5 Å². The van der Waals surface area contributed by atoms with Crippen LogP contribution < -0.4 is 5.43 Å². The maximum absolute atomic E-state index is 12.3. The lowest BCUT2D eigenvalue weighted by Gasteiger charge is -2.07. The van der Waals surface area contributed by atoms with Gasteiger partial charge in [0.25, 0.3) is 0 Å². The molecule has 0 spiro atoms.